The Morgan fingerprint density at radius 2 is 1.29 bits per heavy atom. The van der Waals surface area contributed by atoms with Crippen LogP contribution in [0.15, 0.2) is 30.3 Å². The fourth-order valence-electron chi connectivity index (χ4n) is 5.38. The van der Waals surface area contributed by atoms with Crippen molar-refractivity contribution in [2.75, 3.05) is 28.4 Å². The first-order chi connectivity index (χ1) is 14.9. The van der Waals surface area contributed by atoms with Gasteiger partial charge in [0, 0.05) is 28.5 Å². The number of hydrogen-bond donors (Lipinski definition) is 0. The van der Waals surface area contributed by atoms with Crippen molar-refractivity contribution in [1.29, 1.82) is 0 Å². The number of carbonyl (C=O) groups excluding carboxylic acids is 3. The van der Waals surface area contributed by atoms with Gasteiger partial charge in [-0.15, -0.1) is 0 Å². The topological polar surface area (TPSA) is 88.1 Å². The average molecular weight is 424 g/mol. The van der Waals surface area contributed by atoms with Crippen molar-refractivity contribution in [3.63, 3.8) is 0 Å². The third kappa shape index (κ3) is 2.83. The maximum absolute atomic E-state index is 13.0. The lowest BCUT2D eigenvalue weighted by atomic mass is 9.53. The van der Waals surface area contributed by atoms with Crippen LogP contribution in [0, 0.1) is 11.8 Å². The molecule has 0 aromatic heterocycles. The number of rotatable bonds is 5. The summed E-state index contributed by atoms with van der Waals surface area (Å²) in [4.78, 5) is 38.6. The highest BCUT2D eigenvalue weighted by molar-refractivity contribution is 5.99. The second-order valence-electron chi connectivity index (χ2n) is 7.72. The van der Waals surface area contributed by atoms with Gasteiger partial charge >= 0.3 is 11.9 Å². The SMILES string of the molecule is COC(=O)[C@@H]1[C@H]2c3cccc(OC)c3[C@H](c3c(OC)ccc(C(C)=O)c32)[C@@H]1C(=O)OC. The lowest BCUT2D eigenvalue weighted by Gasteiger charge is -2.49. The second kappa shape index (κ2) is 7.72. The molecule has 7 nitrogen and oxygen atoms in total. The van der Waals surface area contributed by atoms with Gasteiger partial charge in [-0.3, -0.25) is 14.4 Å². The molecule has 31 heavy (non-hydrogen) atoms. The minimum Gasteiger partial charge on any atom is -0.496 e. The van der Waals surface area contributed by atoms with Crippen LogP contribution in [0.4, 0.5) is 0 Å². The normalized spacial score (nSPS) is 22.7. The Balaban J connectivity index is 2.17. The molecule has 7 heteroatoms. The van der Waals surface area contributed by atoms with Gasteiger partial charge in [-0.2, -0.15) is 0 Å². The van der Waals surface area contributed by atoms with Crippen LogP contribution in [0.1, 0.15) is 51.4 Å². The molecule has 0 N–H and O–H groups in total. The molecule has 0 saturated heterocycles. The number of fused-ring (bicyclic) bond motifs is 1. The van der Waals surface area contributed by atoms with Gasteiger partial charge in [-0.05, 0) is 36.2 Å². The van der Waals surface area contributed by atoms with E-state index in [-0.39, 0.29) is 5.78 Å². The van der Waals surface area contributed by atoms with Gasteiger partial charge < -0.3 is 18.9 Å². The zero-order valence-corrected chi connectivity index (χ0v) is 18.1. The number of methoxy groups -OCH3 is 4. The number of carbonyl (C=O) groups is 3. The van der Waals surface area contributed by atoms with Gasteiger partial charge in [0.15, 0.2) is 5.78 Å². The summed E-state index contributed by atoms with van der Waals surface area (Å²) in [5.74, 6) is -2.92. The first-order valence-electron chi connectivity index (χ1n) is 9.95. The molecule has 162 valence electrons. The first kappa shape index (κ1) is 20.9. The molecule has 2 aromatic rings. The molecule has 3 aliphatic rings. The predicted octanol–water partition coefficient (Wildman–Crippen LogP) is 3.08. The highest BCUT2D eigenvalue weighted by atomic mass is 16.5. The molecular formula is C24H24O7. The minimum absolute atomic E-state index is 0.130. The smallest absolute Gasteiger partial charge is 0.310 e. The Labute approximate surface area is 180 Å². The van der Waals surface area contributed by atoms with E-state index in [0.717, 1.165) is 11.1 Å². The van der Waals surface area contributed by atoms with E-state index in [1.807, 2.05) is 18.2 Å². The summed E-state index contributed by atoms with van der Waals surface area (Å²) in [6.07, 6.45) is 0. The summed E-state index contributed by atoms with van der Waals surface area (Å²) in [5, 5.41) is 0. The van der Waals surface area contributed by atoms with Gasteiger partial charge in [0.1, 0.15) is 11.5 Å². The fraction of sp³-hybridized carbons (Fsp3) is 0.375. The number of esters is 2. The van der Waals surface area contributed by atoms with Gasteiger partial charge in [0.25, 0.3) is 0 Å². The van der Waals surface area contributed by atoms with Crippen molar-refractivity contribution in [1.82, 2.24) is 0 Å². The lowest BCUT2D eigenvalue weighted by Crippen LogP contribution is -2.48. The van der Waals surface area contributed by atoms with Crippen LogP contribution in [0.25, 0.3) is 0 Å². The molecule has 0 radical (unpaired) electrons. The summed E-state index contributed by atoms with van der Waals surface area (Å²) < 4.78 is 21.5. The Kier molecular flexibility index (Phi) is 5.21. The van der Waals surface area contributed by atoms with Gasteiger partial charge in [-0.25, -0.2) is 0 Å². The van der Waals surface area contributed by atoms with E-state index in [4.69, 9.17) is 18.9 Å². The highest BCUT2D eigenvalue weighted by Gasteiger charge is 2.59. The zero-order chi connectivity index (χ0) is 22.4. The molecule has 0 saturated carbocycles. The molecule has 3 aliphatic carbocycles. The maximum Gasteiger partial charge on any atom is 0.310 e. The number of ketones is 1. The molecule has 0 aliphatic heterocycles. The summed E-state index contributed by atoms with van der Waals surface area (Å²) in [7, 11) is 5.70. The molecule has 2 bridgehead atoms. The Hall–Kier alpha value is -3.35. The fourth-order valence-corrected chi connectivity index (χ4v) is 5.38. The number of benzene rings is 2. The summed E-state index contributed by atoms with van der Waals surface area (Å²) in [6.45, 7) is 1.49. The minimum atomic E-state index is -0.852. The highest BCUT2D eigenvalue weighted by Crippen LogP contribution is 2.63. The molecule has 0 heterocycles. The van der Waals surface area contributed by atoms with Gasteiger partial charge in [0.05, 0.1) is 40.3 Å². The van der Waals surface area contributed by atoms with Gasteiger partial charge in [-0.1, -0.05) is 12.1 Å². The quantitative estimate of drug-likeness (QED) is 0.538. The Bertz CT molecular complexity index is 1090. The van der Waals surface area contributed by atoms with E-state index in [1.165, 1.54) is 21.1 Å². The molecule has 2 aromatic carbocycles. The molecule has 0 amide bonds. The van der Waals surface area contributed by atoms with Crippen molar-refractivity contribution in [3.05, 3.63) is 58.1 Å². The third-order valence-electron chi connectivity index (χ3n) is 6.49. The Morgan fingerprint density at radius 3 is 1.84 bits per heavy atom. The summed E-state index contributed by atoms with van der Waals surface area (Å²) >= 11 is 0. The van der Waals surface area contributed by atoms with Gasteiger partial charge in [0.2, 0.25) is 0 Å². The predicted molar refractivity (Wildman–Crippen MR) is 111 cm³/mol. The van der Waals surface area contributed by atoms with Crippen molar-refractivity contribution in [2.24, 2.45) is 11.8 Å². The first-order valence-corrected chi connectivity index (χ1v) is 9.95. The Morgan fingerprint density at radius 1 is 0.710 bits per heavy atom. The number of hydrogen-bond acceptors (Lipinski definition) is 7. The van der Waals surface area contributed by atoms with Crippen molar-refractivity contribution in [2.45, 2.75) is 18.8 Å². The summed E-state index contributed by atoms with van der Waals surface area (Å²) in [6, 6.07) is 9.01. The van der Waals surface area contributed by atoms with Crippen LogP contribution in [0.5, 0.6) is 11.5 Å². The molecule has 0 spiro atoms. The molecule has 4 atom stereocenters. The standard InChI is InChI=1S/C24H24O7/c1-11(25)12-9-10-15(29-3)19-17(12)18-13-7-6-8-14(28-2)16(13)20(19)22(24(27)31-5)21(18)23(26)30-4/h6-10,18,20-22H,1-5H3/t18-,20+,21+,22-/m0/s1. The van der Waals surface area contributed by atoms with E-state index in [2.05, 4.69) is 0 Å². The molecular weight excluding hydrogens is 400 g/mol. The van der Waals surface area contributed by atoms with Crippen molar-refractivity contribution < 1.29 is 33.3 Å². The number of ether oxygens (including phenoxy) is 4. The van der Waals surface area contributed by atoms with Crippen molar-refractivity contribution >= 4 is 17.7 Å². The van der Waals surface area contributed by atoms with E-state index in [9.17, 15) is 14.4 Å². The molecule has 0 fully saturated rings. The van der Waals surface area contributed by atoms with Crippen LogP contribution < -0.4 is 9.47 Å². The van der Waals surface area contributed by atoms with Crippen LogP contribution in [0.2, 0.25) is 0 Å². The lowest BCUT2D eigenvalue weighted by molar-refractivity contribution is -0.160. The van der Waals surface area contributed by atoms with E-state index in [1.54, 1.807) is 26.4 Å². The third-order valence-corrected chi connectivity index (χ3v) is 6.49. The summed E-state index contributed by atoms with van der Waals surface area (Å²) in [5.41, 5.74) is 3.55. The van der Waals surface area contributed by atoms with E-state index < -0.39 is 35.6 Å². The largest absolute Gasteiger partial charge is 0.496 e. The van der Waals surface area contributed by atoms with E-state index in [0.29, 0.717) is 28.2 Å². The van der Waals surface area contributed by atoms with Crippen LogP contribution >= 0.6 is 0 Å². The molecule has 0 unspecified atom stereocenters. The zero-order valence-electron chi connectivity index (χ0n) is 18.1. The number of Topliss-reactive ketones (excluding diaryl/α,β-unsaturated/α-hetero) is 1. The average Bonchev–Trinajstić information content (AvgIpc) is 2.80. The second-order valence-corrected chi connectivity index (χ2v) is 7.72. The van der Waals surface area contributed by atoms with Crippen LogP contribution in [-0.2, 0) is 19.1 Å². The maximum atomic E-state index is 13.0. The van der Waals surface area contributed by atoms with E-state index >= 15 is 0 Å². The van der Waals surface area contributed by atoms with Crippen LogP contribution in [-0.4, -0.2) is 46.2 Å². The molecule has 5 rings (SSSR count). The van der Waals surface area contributed by atoms with Crippen LogP contribution in [0.3, 0.4) is 0 Å². The monoisotopic (exact) mass is 424 g/mol. The van der Waals surface area contributed by atoms with Crippen molar-refractivity contribution in [3.8, 4) is 11.5 Å².